The van der Waals surface area contributed by atoms with Gasteiger partial charge in [0.1, 0.15) is 0 Å². The fourth-order valence-electron chi connectivity index (χ4n) is 2.58. The first-order chi connectivity index (χ1) is 7.68. The van der Waals surface area contributed by atoms with Crippen LogP contribution in [0.2, 0.25) is 0 Å². The van der Waals surface area contributed by atoms with Gasteiger partial charge >= 0.3 is 0 Å². The smallest absolute Gasteiger partial charge is 0.0285 e. The molecule has 1 aliphatic carbocycles. The van der Waals surface area contributed by atoms with Crippen molar-refractivity contribution in [1.82, 2.24) is 0 Å². The molecule has 0 amide bonds. The second kappa shape index (κ2) is 5.65. The van der Waals surface area contributed by atoms with E-state index in [0.717, 1.165) is 6.42 Å². The zero-order valence-electron chi connectivity index (χ0n) is 9.68. The van der Waals surface area contributed by atoms with Crippen molar-refractivity contribution < 1.29 is 0 Å². The predicted octanol–water partition coefficient (Wildman–Crippen LogP) is 4.49. The van der Waals surface area contributed by atoms with E-state index in [1.165, 1.54) is 54.3 Å². The highest BCUT2D eigenvalue weighted by atomic mass is 79.9. The molecule has 1 aliphatic rings. The third kappa shape index (κ3) is 3.57. The minimum Gasteiger partial charge on any atom is -0.325 e. The van der Waals surface area contributed by atoms with Gasteiger partial charge in [-0.3, -0.25) is 0 Å². The molecule has 16 heavy (non-hydrogen) atoms. The number of nitrogens with two attached hydrogens (primary N) is 1. The molecule has 1 nitrogen and oxygen atoms in total. The first-order valence-electron chi connectivity index (χ1n) is 6.20. The lowest BCUT2D eigenvalue weighted by Crippen LogP contribution is -2.42. The van der Waals surface area contributed by atoms with Crippen LogP contribution in [0.5, 0.6) is 0 Å². The highest BCUT2D eigenvalue weighted by Crippen LogP contribution is 2.30. The first kappa shape index (κ1) is 12.6. The van der Waals surface area contributed by atoms with Crippen molar-refractivity contribution in [2.45, 2.75) is 56.9 Å². The Kier molecular flexibility index (Phi) is 4.45. The Morgan fingerprint density at radius 2 is 1.81 bits per heavy atom. The summed E-state index contributed by atoms with van der Waals surface area (Å²) in [5, 5.41) is 2.15. The summed E-state index contributed by atoms with van der Waals surface area (Å²) in [5.74, 6) is 0. The van der Waals surface area contributed by atoms with E-state index in [1.807, 2.05) is 11.3 Å². The summed E-state index contributed by atoms with van der Waals surface area (Å²) in [7, 11) is 0. The fourth-order valence-corrected chi connectivity index (χ4v) is 4.19. The Labute approximate surface area is 111 Å². The predicted molar refractivity (Wildman–Crippen MR) is 75.0 cm³/mol. The van der Waals surface area contributed by atoms with Gasteiger partial charge in [0.05, 0.1) is 0 Å². The number of hydrogen-bond acceptors (Lipinski definition) is 2. The minimum absolute atomic E-state index is 0.0602. The molecular formula is C13H20BrNS. The molecule has 0 aliphatic heterocycles. The van der Waals surface area contributed by atoms with Crippen LogP contribution in [0.1, 0.15) is 49.8 Å². The van der Waals surface area contributed by atoms with Crippen molar-refractivity contribution >= 4 is 27.3 Å². The summed E-state index contributed by atoms with van der Waals surface area (Å²) in [5.41, 5.74) is 6.62. The zero-order valence-corrected chi connectivity index (χ0v) is 12.1. The molecule has 90 valence electrons. The summed E-state index contributed by atoms with van der Waals surface area (Å²) in [6.07, 6.45) is 10.2. The van der Waals surface area contributed by atoms with Gasteiger partial charge in [0.15, 0.2) is 0 Å². The second-order valence-electron chi connectivity index (χ2n) is 5.04. The molecule has 1 fully saturated rings. The SMILES string of the molecule is NC1(Cc2cc(Br)cs2)CCCCCCC1. The topological polar surface area (TPSA) is 26.0 Å². The van der Waals surface area contributed by atoms with Crippen LogP contribution in [-0.4, -0.2) is 5.54 Å². The highest BCUT2D eigenvalue weighted by Gasteiger charge is 2.26. The molecular weight excluding hydrogens is 282 g/mol. The maximum absolute atomic E-state index is 6.56. The van der Waals surface area contributed by atoms with Crippen LogP contribution in [0.4, 0.5) is 0 Å². The highest BCUT2D eigenvalue weighted by molar-refractivity contribution is 9.10. The molecule has 0 atom stereocenters. The molecule has 1 aromatic rings. The quantitative estimate of drug-likeness (QED) is 0.855. The molecule has 3 heteroatoms. The summed E-state index contributed by atoms with van der Waals surface area (Å²) in [6, 6.07) is 2.22. The van der Waals surface area contributed by atoms with Crippen molar-refractivity contribution in [3.8, 4) is 0 Å². The monoisotopic (exact) mass is 301 g/mol. The van der Waals surface area contributed by atoms with Crippen LogP contribution >= 0.6 is 27.3 Å². The Bertz CT molecular complexity index is 326. The van der Waals surface area contributed by atoms with Gasteiger partial charge in [-0.05, 0) is 41.3 Å². The molecule has 1 saturated carbocycles. The van der Waals surface area contributed by atoms with E-state index in [-0.39, 0.29) is 5.54 Å². The Morgan fingerprint density at radius 1 is 1.19 bits per heavy atom. The number of hydrogen-bond donors (Lipinski definition) is 1. The van der Waals surface area contributed by atoms with Crippen LogP contribution in [0, 0.1) is 0 Å². The lowest BCUT2D eigenvalue weighted by Gasteiger charge is -2.31. The van der Waals surface area contributed by atoms with Gasteiger partial charge in [-0.1, -0.05) is 32.1 Å². The largest absolute Gasteiger partial charge is 0.325 e. The Balaban J connectivity index is 1.99. The van der Waals surface area contributed by atoms with Gasteiger partial charge < -0.3 is 5.73 Å². The first-order valence-corrected chi connectivity index (χ1v) is 7.87. The van der Waals surface area contributed by atoms with E-state index in [2.05, 4.69) is 27.4 Å². The van der Waals surface area contributed by atoms with Crippen LogP contribution in [0.3, 0.4) is 0 Å². The van der Waals surface area contributed by atoms with Crippen molar-refractivity contribution in [3.63, 3.8) is 0 Å². The van der Waals surface area contributed by atoms with E-state index in [0.29, 0.717) is 0 Å². The average Bonchev–Trinajstić information content (AvgIpc) is 2.59. The van der Waals surface area contributed by atoms with E-state index < -0.39 is 0 Å². The Hall–Kier alpha value is 0.140. The van der Waals surface area contributed by atoms with Crippen LogP contribution in [0.15, 0.2) is 15.9 Å². The van der Waals surface area contributed by atoms with Crippen molar-refractivity contribution in [2.24, 2.45) is 5.73 Å². The number of rotatable bonds is 2. The minimum atomic E-state index is 0.0602. The molecule has 2 rings (SSSR count). The fraction of sp³-hybridized carbons (Fsp3) is 0.692. The molecule has 2 N–H and O–H groups in total. The summed E-state index contributed by atoms with van der Waals surface area (Å²) < 4.78 is 1.20. The van der Waals surface area contributed by atoms with Gasteiger partial charge in [0.2, 0.25) is 0 Å². The molecule has 0 bridgehead atoms. The van der Waals surface area contributed by atoms with Crippen molar-refractivity contribution in [3.05, 3.63) is 20.8 Å². The van der Waals surface area contributed by atoms with Gasteiger partial charge in [0.25, 0.3) is 0 Å². The van der Waals surface area contributed by atoms with Gasteiger partial charge in [-0.25, -0.2) is 0 Å². The van der Waals surface area contributed by atoms with E-state index in [9.17, 15) is 0 Å². The Morgan fingerprint density at radius 3 is 2.38 bits per heavy atom. The number of thiophene rings is 1. The van der Waals surface area contributed by atoms with Crippen LogP contribution in [0.25, 0.3) is 0 Å². The van der Waals surface area contributed by atoms with E-state index in [4.69, 9.17) is 5.73 Å². The summed E-state index contributed by atoms with van der Waals surface area (Å²) in [6.45, 7) is 0. The van der Waals surface area contributed by atoms with Crippen molar-refractivity contribution in [1.29, 1.82) is 0 Å². The second-order valence-corrected chi connectivity index (χ2v) is 6.95. The molecule has 0 unspecified atom stereocenters. The molecule has 1 heterocycles. The third-order valence-corrected chi connectivity index (χ3v) is 5.20. The van der Waals surface area contributed by atoms with Crippen LogP contribution < -0.4 is 5.73 Å². The third-order valence-electron chi connectivity index (χ3n) is 3.50. The van der Waals surface area contributed by atoms with Gasteiger partial charge in [-0.15, -0.1) is 11.3 Å². The van der Waals surface area contributed by atoms with Crippen LogP contribution in [-0.2, 0) is 6.42 Å². The lowest BCUT2D eigenvalue weighted by atomic mass is 9.82. The van der Waals surface area contributed by atoms with E-state index in [1.54, 1.807) is 0 Å². The maximum atomic E-state index is 6.56. The zero-order chi connectivity index (χ0) is 11.4. The van der Waals surface area contributed by atoms with Crippen molar-refractivity contribution in [2.75, 3.05) is 0 Å². The van der Waals surface area contributed by atoms with Gasteiger partial charge in [-0.2, -0.15) is 0 Å². The number of halogens is 1. The summed E-state index contributed by atoms with van der Waals surface area (Å²) >= 11 is 5.34. The molecule has 0 spiro atoms. The summed E-state index contributed by atoms with van der Waals surface area (Å²) in [4.78, 5) is 1.43. The molecule has 0 aromatic carbocycles. The molecule has 0 radical (unpaired) electrons. The lowest BCUT2D eigenvalue weighted by molar-refractivity contribution is 0.316. The average molecular weight is 302 g/mol. The molecule has 1 aromatic heterocycles. The standard InChI is InChI=1S/C13H20BrNS/c14-11-8-12(16-10-11)9-13(15)6-4-2-1-3-5-7-13/h8,10H,1-7,9,15H2. The van der Waals surface area contributed by atoms with E-state index >= 15 is 0 Å². The molecule has 0 saturated heterocycles. The maximum Gasteiger partial charge on any atom is 0.0285 e. The normalized spacial score (nSPS) is 21.4. The van der Waals surface area contributed by atoms with Gasteiger partial charge in [0, 0.05) is 20.3 Å².